The summed E-state index contributed by atoms with van der Waals surface area (Å²) >= 11 is 12.4. The Morgan fingerprint density at radius 3 is 2.81 bits per heavy atom. The average molecular weight is 407 g/mol. The average Bonchev–Trinajstić information content (AvgIpc) is 3.03. The summed E-state index contributed by atoms with van der Waals surface area (Å²) in [5, 5.41) is 4.20. The van der Waals surface area contributed by atoms with Gasteiger partial charge in [-0.15, -0.1) is 0 Å². The van der Waals surface area contributed by atoms with Crippen LogP contribution in [0, 0.1) is 0 Å². The second-order valence-electron chi connectivity index (χ2n) is 5.93. The number of nitrogens with zero attached hydrogens (tertiary/aromatic N) is 2. The number of fused-ring (bicyclic) bond motifs is 1. The standard InChI is InChI=1S/C19H20Cl2N4O2/c1-2-27-19(26)10-23-8-14-9-24-18-5-12(7-22)16(11-25(14)18)15-4-3-13(20)6-17(15)21/h3-6,9,11,23H,2,7-8,10,22H2,1H3. The maximum Gasteiger partial charge on any atom is 0.319 e. The first-order chi connectivity index (χ1) is 13.0. The first kappa shape index (κ1) is 19.6. The second kappa shape index (κ2) is 8.71. The molecule has 3 N–H and O–H groups in total. The first-order valence-electron chi connectivity index (χ1n) is 8.54. The second-order valence-corrected chi connectivity index (χ2v) is 6.77. The molecule has 2 aromatic heterocycles. The van der Waals surface area contributed by atoms with Crippen LogP contribution in [0.5, 0.6) is 0 Å². The Hall–Kier alpha value is -2.12. The molecule has 2 heterocycles. The molecular formula is C19H20Cl2N4O2. The van der Waals surface area contributed by atoms with E-state index in [2.05, 4.69) is 10.3 Å². The zero-order valence-electron chi connectivity index (χ0n) is 14.8. The van der Waals surface area contributed by atoms with Gasteiger partial charge in [0, 0.05) is 40.5 Å². The van der Waals surface area contributed by atoms with Crippen molar-refractivity contribution < 1.29 is 9.53 Å². The van der Waals surface area contributed by atoms with Crippen LogP contribution in [0.25, 0.3) is 16.8 Å². The summed E-state index contributed by atoms with van der Waals surface area (Å²) in [7, 11) is 0. The number of hydrogen-bond acceptors (Lipinski definition) is 5. The van der Waals surface area contributed by atoms with Gasteiger partial charge in [-0.1, -0.05) is 29.3 Å². The molecule has 142 valence electrons. The summed E-state index contributed by atoms with van der Waals surface area (Å²) in [4.78, 5) is 15.9. The molecule has 0 radical (unpaired) electrons. The molecule has 0 bridgehead atoms. The number of nitrogens with one attached hydrogen (secondary N) is 1. The van der Waals surface area contributed by atoms with Crippen LogP contribution in [-0.2, 0) is 22.6 Å². The number of benzene rings is 1. The molecule has 3 aromatic rings. The summed E-state index contributed by atoms with van der Waals surface area (Å²) in [5.74, 6) is -0.287. The van der Waals surface area contributed by atoms with E-state index in [-0.39, 0.29) is 12.5 Å². The van der Waals surface area contributed by atoms with Crippen LogP contribution in [0.15, 0.2) is 36.7 Å². The van der Waals surface area contributed by atoms with Crippen molar-refractivity contribution in [1.29, 1.82) is 0 Å². The van der Waals surface area contributed by atoms with Crippen molar-refractivity contribution in [3.8, 4) is 11.1 Å². The highest BCUT2D eigenvalue weighted by Crippen LogP contribution is 2.33. The van der Waals surface area contributed by atoms with Gasteiger partial charge in [-0.2, -0.15) is 0 Å². The SMILES string of the molecule is CCOC(=O)CNCc1cnc2cc(CN)c(-c3ccc(Cl)cc3Cl)cn12. The molecule has 27 heavy (non-hydrogen) atoms. The Bertz CT molecular complexity index is 972. The molecule has 0 atom stereocenters. The third kappa shape index (κ3) is 4.42. The number of rotatable bonds is 7. The molecule has 0 aliphatic heterocycles. The van der Waals surface area contributed by atoms with Gasteiger partial charge >= 0.3 is 5.97 Å². The van der Waals surface area contributed by atoms with Gasteiger partial charge < -0.3 is 20.2 Å². The van der Waals surface area contributed by atoms with Gasteiger partial charge in [-0.05, 0) is 30.7 Å². The zero-order valence-corrected chi connectivity index (χ0v) is 16.3. The number of esters is 1. The molecule has 0 aliphatic rings. The predicted octanol–water partition coefficient (Wildman–Crippen LogP) is 3.42. The molecule has 0 saturated heterocycles. The van der Waals surface area contributed by atoms with Crippen molar-refractivity contribution >= 4 is 34.8 Å². The van der Waals surface area contributed by atoms with Crippen molar-refractivity contribution in [1.82, 2.24) is 14.7 Å². The van der Waals surface area contributed by atoms with Crippen LogP contribution in [0.3, 0.4) is 0 Å². The maximum atomic E-state index is 11.5. The van der Waals surface area contributed by atoms with Gasteiger partial charge in [-0.25, -0.2) is 4.98 Å². The minimum atomic E-state index is -0.287. The minimum Gasteiger partial charge on any atom is -0.465 e. The molecule has 3 rings (SSSR count). The van der Waals surface area contributed by atoms with Crippen LogP contribution in [0.1, 0.15) is 18.2 Å². The van der Waals surface area contributed by atoms with Crippen molar-refractivity contribution in [2.24, 2.45) is 5.73 Å². The van der Waals surface area contributed by atoms with Crippen molar-refractivity contribution in [3.63, 3.8) is 0 Å². The quantitative estimate of drug-likeness (QED) is 0.587. The van der Waals surface area contributed by atoms with Gasteiger partial charge in [0.1, 0.15) is 5.65 Å². The van der Waals surface area contributed by atoms with Crippen LogP contribution >= 0.6 is 23.2 Å². The topological polar surface area (TPSA) is 81.6 Å². The monoisotopic (exact) mass is 406 g/mol. The fourth-order valence-corrected chi connectivity index (χ4v) is 3.38. The molecule has 0 aliphatic carbocycles. The molecular weight excluding hydrogens is 387 g/mol. The lowest BCUT2D eigenvalue weighted by Crippen LogP contribution is -2.24. The third-order valence-corrected chi connectivity index (χ3v) is 4.68. The van der Waals surface area contributed by atoms with E-state index in [0.29, 0.717) is 29.7 Å². The van der Waals surface area contributed by atoms with Crippen LogP contribution in [0.2, 0.25) is 10.0 Å². The van der Waals surface area contributed by atoms with Gasteiger partial charge in [0.05, 0.1) is 25.0 Å². The Morgan fingerprint density at radius 1 is 1.30 bits per heavy atom. The van der Waals surface area contributed by atoms with Crippen molar-refractivity contribution in [3.05, 3.63) is 58.0 Å². The lowest BCUT2D eigenvalue weighted by atomic mass is 10.0. The summed E-state index contributed by atoms with van der Waals surface area (Å²) < 4.78 is 6.87. The number of carbonyl (C=O) groups is 1. The van der Waals surface area contributed by atoms with Crippen LogP contribution < -0.4 is 11.1 Å². The van der Waals surface area contributed by atoms with E-state index in [1.54, 1.807) is 25.3 Å². The zero-order chi connectivity index (χ0) is 19.4. The van der Waals surface area contributed by atoms with Crippen molar-refractivity contribution in [2.45, 2.75) is 20.0 Å². The fraction of sp³-hybridized carbons (Fsp3) is 0.263. The van der Waals surface area contributed by atoms with E-state index in [9.17, 15) is 4.79 Å². The molecule has 0 fully saturated rings. The lowest BCUT2D eigenvalue weighted by molar-refractivity contribution is -0.142. The van der Waals surface area contributed by atoms with Gasteiger partial charge in [0.15, 0.2) is 0 Å². The molecule has 0 saturated carbocycles. The summed E-state index contributed by atoms with van der Waals surface area (Å²) in [6.45, 7) is 3.10. The molecule has 0 amide bonds. The lowest BCUT2D eigenvalue weighted by Gasteiger charge is -2.13. The minimum absolute atomic E-state index is 0.137. The molecule has 6 nitrogen and oxygen atoms in total. The Kier molecular flexibility index (Phi) is 6.34. The van der Waals surface area contributed by atoms with Gasteiger partial charge in [0.2, 0.25) is 0 Å². The normalized spacial score (nSPS) is 11.1. The highest BCUT2D eigenvalue weighted by atomic mass is 35.5. The number of nitrogens with two attached hydrogens (primary N) is 1. The number of aromatic nitrogens is 2. The summed E-state index contributed by atoms with van der Waals surface area (Å²) in [5.41, 5.74) is 10.3. The van der Waals surface area contributed by atoms with E-state index in [1.807, 2.05) is 22.7 Å². The molecule has 0 unspecified atom stereocenters. The van der Waals surface area contributed by atoms with Crippen molar-refractivity contribution in [2.75, 3.05) is 13.2 Å². The number of pyridine rings is 1. The van der Waals surface area contributed by atoms with E-state index >= 15 is 0 Å². The Balaban J connectivity index is 1.94. The largest absolute Gasteiger partial charge is 0.465 e. The Labute approximate surface area is 167 Å². The van der Waals surface area contributed by atoms with E-state index in [4.69, 9.17) is 33.7 Å². The maximum absolute atomic E-state index is 11.5. The van der Waals surface area contributed by atoms with Crippen LogP contribution in [0.4, 0.5) is 0 Å². The Morgan fingerprint density at radius 2 is 2.11 bits per heavy atom. The number of hydrogen-bond donors (Lipinski definition) is 2. The number of imidazole rings is 1. The van der Waals surface area contributed by atoms with E-state index < -0.39 is 0 Å². The molecule has 8 heteroatoms. The highest BCUT2D eigenvalue weighted by Gasteiger charge is 2.13. The summed E-state index contributed by atoms with van der Waals surface area (Å²) in [6, 6.07) is 7.32. The molecule has 0 spiro atoms. The smallest absolute Gasteiger partial charge is 0.319 e. The molecule has 1 aromatic carbocycles. The van der Waals surface area contributed by atoms with E-state index in [1.165, 1.54) is 0 Å². The van der Waals surface area contributed by atoms with Gasteiger partial charge in [-0.3, -0.25) is 4.79 Å². The van der Waals surface area contributed by atoms with Crippen LogP contribution in [-0.4, -0.2) is 28.5 Å². The first-order valence-corrected chi connectivity index (χ1v) is 9.29. The van der Waals surface area contributed by atoms with Gasteiger partial charge in [0.25, 0.3) is 0 Å². The number of halogens is 2. The number of ether oxygens (including phenoxy) is 1. The van der Waals surface area contributed by atoms with E-state index in [0.717, 1.165) is 28.0 Å². The predicted molar refractivity (Wildman–Crippen MR) is 107 cm³/mol. The highest BCUT2D eigenvalue weighted by molar-refractivity contribution is 6.36. The fourth-order valence-electron chi connectivity index (χ4n) is 2.87. The summed E-state index contributed by atoms with van der Waals surface area (Å²) in [6.07, 6.45) is 3.72. The number of carbonyl (C=O) groups excluding carboxylic acids is 1. The third-order valence-electron chi connectivity index (χ3n) is 4.13.